The first-order valence-corrected chi connectivity index (χ1v) is 21.5. The maximum absolute atomic E-state index is 5.14. The Morgan fingerprint density at radius 1 is 0.410 bits per heavy atom. The fourth-order valence-corrected chi connectivity index (χ4v) is 11.5. The monoisotopic (exact) mass is 794 g/mol. The Labute approximate surface area is 356 Å². The van der Waals surface area contributed by atoms with Crippen LogP contribution in [0.5, 0.6) is 0 Å². The van der Waals surface area contributed by atoms with Crippen molar-refractivity contribution in [1.29, 1.82) is 0 Å². The lowest BCUT2D eigenvalue weighted by Crippen LogP contribution is -2.32. The number of hydrogen-bond acceptors (Lipinski definition) is 4. The molecule has 3 heterocycles. The second-order valence-corrected chi connectivity index (χ2v) is 16.9. The zero-order valence-electron chi connectivity index (χ0n) is 32.8. The lowest BCUT2D eigenvalue weighted by molar-refractivity contribution is 0.724. The number of hydrogen-bond donors (Lipinski definition) is 0. The average molecular weight is 795 g/mol. The van der Waals surface area contributed by atoms with Crippen molar-refractivity contribution in [3.63, 3.8) is 0 Å². The second kappa shape index (κ2) is 13.2. The smallest absolute Gasteiger partial charge is 0.164 e. The van der Waals surface area contributed by atoms with E-state index in [0.717, 1.165) is 27.9 Å². The molecule has 1 spiro atoms. The molecule has 1 aliphatic carbocycles. The van der Waals surface area contributed by atoms with Crippen molar-refractivity contribution < 1.29 is 0 Å². The molecule has 2 aromatic heterocycles. The highest BCUT2D eigenvalue weighted by atomic mass is 32.2. The fourth-order valence-electron chi connectivity index (χ4n) is 10.2. The Morgan fingerprint density at radius 2 is 0.984 bits per heavy atom. The quantitative estimate of drug-likeness (QED) is 0.178. The maximum Gasteiger partial charge on any atom is 0.164 e. The van der Waals surface area contributed by atoms with Crippen molar-refractivity contribution in [3.05, 3.63) is 229 Å². The van der Waals surface area contributed by atoms with Crippen LogP contribution in [-0.4, -0.2) is 19.5 Å². The van der Waals surface area contributed by atoms with Gasteiger partial charge in [0.25, 0.3) is 0 Å². The second-order valence-electron chi connectivity index (χ2n) is 15.9. The molecule has 0 radical (unpaired) electrons. The molecule has 61 heavy (non-hydrogen) atoms. The van der Waals surface area contributed by atoms with E-state index in [1.807, 2.05) is 48.2 Å². The summed E-state index contributed by atoms with van der Waals surface area (Å²) in [6.07, 6.45) is 0. The van der Waals surface area contributed by atoms with Gasteiger partial charge in [0.05, 0.1) is 16.4 Å². The first-order chi connectivity index (χ1) is 30.3. The maximum atomic E-state index is 5.14. The van der Waals surface area contributed by atoms with Crippen LogP contribution in [-0.2, 0) is 5.41 Å². The van der Waals surface area contributed by atoms with Gasteiger partial charge in [-0.1, -0.05) is 194 Å². The Hall–Kier alpha value is -7.60. The van der Waals surface area contributed by atoms with Crippen LogP contribution in [0.3, 0.4) is 0 Å². The largest absolute Gasteiger partial charge is 0.308 e. The van der Waals surface area contributed by atoms with E-state index in [0.29, 0.717) is 17.5 Å². The number of benzene rings is 9. The van der Waals surface area contributed by atoms with Crippen LogP contribution in [0.25, 0.3) is 83.6 Å². The third kappa shape index (κ3) is 4.92. The van der Waals surface area contributed by atoms with Gasteiger partial charge < -0.3 is 4.57 Å². The van der Waals surface area contributed by atoms with Gasteiger partial charge in [0.1, 0.15) is 0 Å². The highest BCUT2D eigenvalue weighted by molar-refractivity contribution is 7.99. The standard InChI is InChI=1S/C56H34N4S/c1-3-17-36(18-4-1)53-57-54(37-19-5-2-6-20-37)59-55(58-53)38-21-15-22-39(34-38)60-48-33-30-35-16-7-8-23-40(35)50(48)43-31-32-47-52(51(43)60)61-49-29-14-13-28-46(49)56(47)44-26-11-9-24-41(44)42-25-10-12-27-45(42)56/h1-34H. The average Bonchev–Trinajstić information content (AvgIpc) is 3.84. The molecule has 0 unspecified atom stereocenters. The van der Waals surface area contributed by atoms with E-state index in [1.165, 1.54) is 70.2 Å². The molecule has 0 saturated carbocycles. The van der Waals surface area contributed by atoms with Crippen molar-refractivity contribution in [3.8, 4) is 51.0 Å². The van der Waals surface area contributed by atoms with Crippen LogP contribution in [0.2, 0.25) is 0 Å². The normalized spacial score (nSPS) is 13.3. The van der Waals surface area contributed by atoms with Crippen LogP contribution in [0.4, 0.5) is 0 Å². The summed E-state index contributed by atoms with van der Waals surface area (Å²) < 4.78 is 2.50. The molecule has 0 bridgehead atoms. The van der Waals surface area contributed by atoms with Crippen LogP contribution < -0.4 is 0 Å². The van der Waals surface area contributed by atoms with Crippen molar-refractivity contribution in [2.24, 2.45) is 0 Å². The first-order valence-electron chi connectivity index (χ1n) is 20.7. The predicted octanol–water partition coefficient (Wildman–Crippen LogP) is 14.0. The molecule has 1 aliphatic heterocycles. The lowest BCUT2D eigenvalue weighted by Gasteiger charge is -2.40. The van der Waals surface area contributed by atoms with Gasteiger partial charge in [0.2, 0.25) is 0 Å². The zero-order valence-corrected chi connectivity index (χ0v) is 33.6. The Morgan fingerprint density at radius 3 is 1.69 bits per heavy atom. The molecular weight excluding hydrogens is 761 g/mol. The predicted molar refractivity (Wildman–Crippen MR) is 249 cm³/mol. The molecule has 0 atom stereocenters. The molecule has 284 valence electrons. The van der Waals surface area contributed by atoms with Gasteiger partial charge in [0, 0.05) is 42.9 Å². The summed E-state index contributed by atoms with van der Waals surface area (Å²) >= 11 is 1.90. The molecule has 4 nitrogen and oxygen atoms in total. The third-order valence-electron chi connectivity index (χ3n) is 12.7. The summed E-state index contributed by atoms with van der Waals surface area (Å²) in [6, 6.07) is 74.4. The zero-order chi connectivity index (χ0) is 40.1. The minimum atomic E-state index is -0.490. The molecule has 5 heteroatoms. The van der Waals surface area contributed by atoms with Gasteiger partial charge in [-0.25, -0.2) is 15.0 Å². The van der Waals surface area contributed by atoms with E-state index in [9.17, 15) is 0 Å². The van der Waals surface area contributed by atoms with Crippen LogP contribution in [0, 0.1) is 0 Å². The number of fused-ring (bicyclic) bond motifs is 15. The minimum Gasteiger partial charge on any atom is -0.308 e. The van der Waals surface area contributed by atoms with Crippen molar-refractivity contribution in [2.45, 2.75) is 15.2 Å². The summed E-state index contributed by atoms with van der Waals surface area (Å²) in [5.74, 6) is 1.92. The minimum absolute atomic E-state index is 0.490. The van der Waals surface area contributed by atoms with E-state index in [2.05, 4.69) is 174 Å². The summed E-state index contributed by atoms with van der Waals surface area (Å²) in [6.45, 7) is 0. The van der Waals surface area contributed by atoms with Crippen LogP contribution in [0.1, 0.15) is 22.3 Å². The Bertz CT molecular complexity index is 3470. The van der Waals surface area contributed by atoms with Crippen molar-refractivity contribution >= 4 is 44.3 Å². The summed E-state index contributed by atoms with van der Waals surface area (Å²) in [7, 11) is 0. The van der Waals surface area contributed by atoms with E-state index < -0.39 is 5.41 Å². The van der Waals surface area contributed by atoms with Crippen molar-refractivity contribution in [2.75, 3.05) is 0 Å². The molecule has 0 saturated heterocycles. The topological polar surface area (TPSA) is 43.6 Å². The molecule has 11 aromatic rings. The highest BCUT2D eigenvalue weighted by Crippen LogP contribution is 2.63. The number of aromatic nitrogens is 4. The molecular formula is C56H34N4S. The van der Waals surface area contributed by atoms with E-state index >= 15 is 0 Å². The molecule has 13 rings (SSSR count). The summed E-state index contributed by atoms with van der Waals surface area (Å²) in [4.78, 5) is 17.8. The molecule has 9 aromatic carbocycles. The molecule has 0 N–H and O–H groups in total. The summed E-state index contributed by atoms with van der Waals surface area (Å²) in [5, 5.41) is 4.95. The number of rotatable bonds is 4. The molecule has 0 amide bonds. The first kappa shape index (κ1) is 34.3. The van der Waals surface area contributed by atoms with Crippen LogP contribution >= 0.6 is 11.8 Å². The highest BCUT2D eigenvalue weighted by Gasteiger charge is 2.50. The Kier molecular flexibility index (Phi) is 7.42. The van der Waals surface area contributed by atoms with Crippen LogP contribution in [0.15, 0.2) is 216 Å². The Balaban J connectivity index is 1.12. The fraction of sp³-hybridized carbons (Fsp3) is 0.0179. The van der Waals surface area contributed by atoms with Gasteiger partial charge in [-0.2, -0.15) is 0 Å². The molecule has 2 aliphatic rings. The van der Waals surface area contributed by atoms with Gasteiger partial charge in [-0.15, -0.1) is 0 Å². The van der Waals surface area contributed by atoms with E-state index in [1.54, 1.807) is 0 Å². The van der Waals surface area contributed by atoms with Gasteiger partial charge in [-0.3, -0.25) is 0 Å². The van der Waals surface area contributed by atoms with Gasteiger partial charge in [0.15, 0.2) is 17.5 Å². The van der Waals surface area contributed by atoms with Gasteiger partial charge >= 0.3 is 0 Å². The number of nitrogens with zero attached hydrogens (tertiary/aromatic N) is 4. The van der Waals surface area contributed by atoms with Gasteiger partial charge in [-0.05, 0) is 68.4 Å². The molecule has 0 fully saturated rings. The van der Waals surface area contributed by atoms with E-state index in [-0.39, 0.29) is 0 Å². The van der Waals surface area contributed by atoms with E-state index in [4.69, 9.17) is 15.0 Å². The summed E-state index contributed by atoms with van der Waals surface area (Å²) in [5.41, 5.74) is 13.6. The van der Waals surface area contributed by atoms with Crippen molar-refractivity contribution in [1.82, 2.24) is 19.5 Å². The SMILES string of the molecule is c1ccc(-c2nc(-c3ccccc3)nc(-c3cccc(-n4c5ccc6ccccc6c5c5ccc6c(c54)Sc4ccccc4C64c5ccccc5-c5ccccc54)c3)n2)cc1. The third-order valence-corrected chi connectivity index (χ3v) is 13.9. The lowest BCUT2D eigenvalue weighted by atomic mass is 9.67.